The fraction of sp³-hybridized carbons (Fsp3) is 0.765. The molecule has 1 atom stereocenters. The number of thiophene rings is 1. The van der Waals surface area contributed by atoms with Gasteiger partial charge in [0.2, 0.25) is 0 Å². The Morgan fingerprint density at radius 3 is 2.70 bits per heavy atom. The molecule has 1 N–H and O–H groups in total. The van der Waals surface area contributed by atoms with Crippen LogP contribution in [0.5, 0.6) is 0 Å². The zero-order valence-electron chi connectivity index (χ0n) is 12.9. The van der Waals surface area contributed by atoms with E-state index in [2.05, 4.69) is 41.2 Å². The summed E-state index contributed by atoms with van der Waals surface area (Å²) in [5.41, 5.74) is 0. The summed E-state index contributed by atoms with van der Waals surface area (Å²) in [5, 5.41) is 3.76. The lowest BCUT2D eigenvalue weighted by atomic mass is 9.85. The molecule has 0 bridgehead atoms. The second-order valence-corrected chi connectivity index (χ2v) is 8.28. The molecule has 0 aromatic carbocycles. The lowest BCUT2D eigenvalue weighted by Crippen LogP contribution is -2.22. The minimum atomic E-state index is 0.562. The molecule has 1 fully saturated rings. The van der Waals surface area contributed by atoms with Gasteiger partial charge < -0.3 is 5.32 Å². The Morgan fingerprint density at radius 2 is 2.10 bits per heavy atom. The van der Waals surface area contributed by atoms with Crippen molar-refractivity contribution in [2.75, 3.05) is 6.54 Å². The Labute approximate surface area is 136 Å². The van der Waals surface area contributed by atoms with E-state index < -0.39 is 0 Å². The van der Waals surface area contributed by atoms with Gasteiger partial charge in [0, 0.05) is 20.3 Å². The van der Waals surface area contributed by atoms with Gasteiger partial charge in [-0.05, 0) is 60.6 Å². The van der Waals surface area contributed by atoms with Crippen molar-refractivity contribution < 1.29 is 0 Å². The molecule has 0 amide bonds. The van der Waals surface area contributed by atoms with Gasteiger partial charge in [-0.1, -0.05) is 39.0 Å². The number of rotatable bonds is 7. The Balaban J connectivity index is 1.92. The van der Waals surface area contributed by atoms with Crippen molar-refractivity contribution in [1.29, 1.82) is 0 Å². The molecule has 1 aliphatic rings. The average Bonchev–Trinajstić information content (AvgIpc) is 2.80. The number of aryl methyl sites for hydroxylation is 1. The van der Waals surface area contributed by atoms with Crippen LogP contribution in [0.25, 0.3) is 0 Å². The van der Waals surface area contributed by atoms with Crippen LogP contribution < -0.4 is 5.32 Å². The Bertz CT molecular complexity index is 376. The molecular weight excluding hydrogens is 330 g/mol. The number of hydrogen-bond donors (Lipinski definition) is 1. The summed E-state index contributed by atoms with van der Waals surface area (Å²) in [6, 6.07) is 2.89. The van der Waals surface area contributed by atoms with Crippen molar-refractivity contribution in [3.8, 4) is 0 Å². The van der Waals surface area contributed by atoms with E-state index >= 15 is 0 Å². The van der Waals surface area contributed by atoms with Crippen molar-refractivity contribution >= 4 is 27.3 Å². The fourth-order valence-electron chi connectivity index (χ4n) is 3.19. The van der Waals surface area contributed by atoms with Crippen molar-refractivity contribution in [1.82, 2.24) is 5.32 Å². The first-order chi connectivity index (χ1) is 9.70. The average molecular weight is 358 g/mol. The van der Waals surface area contributed by atoms with Gasteiger partial charge in [-0.2, -0.15) is 0 Å². The number of nitrogens with one attached hydrogen (secondary N) is 1. The Kier molecular flexibility index (Phi) is 7.06. The molecule has 1 aliphatic carbocycles. The monoisotopic (exact) mass is 357 g/mol. The predicted octanol–water partition coefficient (Wildman–Crippen LogP) is 6.22. The van der Waals surface area contributed by atoms with E-state index in [9.17, 15) is 0 Å². The standard InChI is InChI=1S/C17H28BrNS/c1-3-11-19-16(17-12-15(18)13(2)20-17)10-9-14-7-5-4-6-8-14/h12,14,16,19H,3-11H2,1-2H3. The topological polar surface area (TPSA) is 12.0 Å². The molecule has 114 valence electrons. The quantitative estimate of drug-likeness (QED) is 0.610. The summed E-state index contributed by atoms with van der Waals surface area (Å²) >= 11 is 5.61. The maximum Gasteiger partial charge on any atom is 0.0415 e. The third-order valence-corrected chi connectivity index (χ3v) is 6.70. The highest BCUT2D eigenvalue weighted by atomic mass is 79.9. The highest BCUT2D eigenvalue weighted by molar-refractivity contribution is 9.10. The van der Waals surface area contributed by atoms with Gasteiger partial charge in [0.1, 0.15) is 0 Å². The van der Waals surface area contributed by atoms with E-state index in [1.165, 1.54) is 65.6 Å². The van der Waals surface area contributed by atoms with Gasteiger partial charge >= 0.3 is 0 Å². The smallest absolute Gasteiger partial charge is 0.0415 e. The minimum Gasteiger partial charge on any atom is -0.309 e. The second-order valence-electron chi connectivity index (χ2n) is 6.14. The third-order valence-electron chi connectivity index (χ3n) is 4.45. The lowest BCUT2D eigenvalue weighted by Gasteiger charge is -2.24. The zero-order valence-corrected chi connectivity index (χ0v) is 15.3. The van der Waals surface area contributed by atoms with Gasteiger partial charge in [0.15, 0.2) is 0 Å². The normalized spacial score (nSPS) is 18.4. The van der Waals surface area contributed by atoms with E-state index in [1.807, 2.05) is 11.3 Å². The van der Waals surface area contributed by atoms with Crippen LogP contribution in [0.2, 0.25) is 0 Å². The van der Waals surface area contributed by atoms with Crippen LogP contribution in [-0.2, 0) is 0 Å². The molecule has 0 aliphatic heterocycles. The van der Waals surface area contributed by atoms with Crippen molar-refractivity contribution in [3.05, 3.63) is 20.3 Å². The van der Waals surface area contributed by atoms with Crippen molar-refractivity contribution in [2.45, 2.75) is 71.3 Å². The minimum absolute atomic E-state index is 0.562. The first kappa shape index (κ1) is 16.5. The van der Waals surface area contributed by atoms with Crippen LogP contribution in [0.15, 0.2) is 10.5 Å². The highest BCUT2D eigenvalue weighted by Crippen LogP contribution is 2.35. The molecule has 0 saturated heterocycles. The number of halogens is 1. The van der Waals surface area contributed by atoms with E-state index in [0.717, 1.165) is 12.5 Å². The lowest BCUT2D eigenvalue weighted by molar-refractivity contribution is 0.315. The molecule has 1 heterocycles. The predicted molar refractivity (Wildman–Crippen MR) is 93.6 cm³/mol. The first-order valence-corrected chi connectivity index (χ1v) is 9.81. The van der Waals surface area contributed by atoms with Gasteiger partial charge in [0.25, 0.3) is 0 Å². The van der Waals surface area contributed by atoms with Crippen LogP contribution in [0.3, 0.4) is 0 Å². The SMILES string of the molecule is CCCNC(CCC1CCCCC1)c1cc(Br)c(C)s1. The highest BCUT2D eigenvalue weighted by Gasteiger charge is 2.19. The Hall–Kier alpha value is 0.140. The maximum atomic E-state index is 3.76. The molecule has 1 aromatic heterocycles. The van der Waals surface area contributed by atoms with E-state index in [4.69, 9.17) is 0 Å². The molecule has 1 unspecified atom stereocenters. The van der Waals surface area contributed by atoms with E-state index in [0.29, 0.717) is 6.04 Å². The molecule has 0 radical (unpaired) electrons. The summed E-state index contributed by atoms with van der Waals surface area (Å²) in [6.45, 7) is 5.58. The van der Waals surface area contributed by atoms with Crippen LogP contribution in [-0.4, -0.2) is 6.54 Å². The maximum absolute atomic E-state index is 3.76. The summed E-state index contributed by atoms with van der Waals surface area (Å²) < 4.78 is 1.28. The molecule has 1 nitrogen and oxygen atoms in total. The van der Waals surface area contributed by atoms with Gasteiger partial charge in [-0.25, -0.2) is 0 Å². The number of hydrogen-bond acceptors (Lipinski definition) is 2. The fourth-order valence-corrected chi connectivity index (χ4v) is 4.87. The molecule has 20 heavy (non-hydrogen) atoms. The molecule has 2 rings (SSSR count). The first-order valence-electron chi connectivity index (χ1n) is 8.20. The summed E-state index contributed by atoms with van der Waals surface area (Å²) in [7, 11) is 0. The third kappa shape index (κ3) is 4.85. The van der Waals surface area contributed by atoms with Gasteiger partial charge in [-0.15, -0.1) is 11.3 Å². The molecule has 3 heteroatoms. The zero-order chi connectivity index (χ0) is 14.4. The second kappa shape index (κ2) is 8.55. The van der Waals surface area contributed by atoms with E-state index in [-0.39, 0.29) is 0 Å². The van der Waals surface area contributed by atoms with Crippen molar-refractivity contribution in [3.63, 3.8) is 0 Å². The van der Waals surface area contributed by atoms with Crippen LogP contribution >= 0.6 is 27.3 Å². The molecule has 1 aromatic rings. The largest absolute Gasteiger partial charge is 0.309 e. The molecule has 1 saturated carbocycles. The van der Waals surface area contributed by atoms with Gasteiger partial charge in [-0.3, -0.25) is 0 Å². The molecule has 0 spiro atoms. The van der Waals surface area contributed by atoms with Crippen LogP contribution in [0, 0.1) is 12.8 Å². The summed E-state index contributed by atoms with van der Waals surface area (Å²) in [4.78, 5) is 2.92. The Morgan fingerprint density at radius 1 is 1.35 bits per heavy atom. The van der Waals surface area contributed by atoms with E-state index in [1.54, 1.807) is 0 Å². The van der Waals surface area contributed by atoms with Gasteiger partial charge in [0.05, 0.1) is 0 Å². The van der Waals surface area contributed by atoms with Crippen LogP contribution in [0.4, 0.5) is 0 Å². The summed E-state index contributed by atoms with van der Waals surface area (Å²) in [6.07, 6.45) is 11.2. The van der Waals surface area contributed by atoms with Crippen LogP contribution in [0.1, 0.15) is 74.1 Å². The summed E-state index contributed by atoms with van der Waals surface area (Å²) in [5.74, 6) is 0.985. The van der Waals surface area contributed by atoms with Crippen molar-refractivity contribution in [2.24, 2.45) is 5.92 Å². The molecular formula is C17H28BrNS.